The number of carbonyl (C=O) groups excluding carboxylic acids is 1. The summed E-state index contributed by atoms with van der Waals surface area (Å²) in [6, 6.07) is -0.0630. The van der Waals surface area contributed by atoms with Crippen molar-refractivity contribution >= 4 is 12.0 Å². The van der Waals surface area contributed by atoms with E-state index in [1.54, 1.807) is 0 Å². The minimum atomic E-state index is -0.677. The Morgan fingerprint density at radius 2 is 1.85 bits per heavy atom. The molecule has 0 bridgehead atoms. The van der Waals surface area contributed by atoms with Crippen LogP contribution in [0.25, 0.3) is 0 Å². The molecular formula is C15H26N2O3. The van der Waals surface area contributed by atoms with Crippen molar-refractivity contribution in [2.45, 2.75) is 63.8 Å². The van der Waals surface area contributed by atoms with Crippen molar-refractivity contribution in [3.63, 3.8) is 0 Å². The van der Waals surface area contributed by atoms with Gasteiger partial charge in [0.1, 0.15) is 0 Å². The lowest BCUT2D eigenvalue weighted by Gasteiger charge is -2.42. The van der Waals surface area contributed by atoms with Crippen LogP contribution in [0.1, 0.15) is 58.3 Å². The highest BCUT2D eigenvalue weighted by Crippen LogP contribution is 2.34. The second-order valence-corrected chi connectivity index (χ2v) is 6.38. The van der Waals surface area contributed by atoms with Gasteiger partial charge in [-0.05, 0) is 57.3 Å². The summed E-state index contributed by atoms with van der Waals surface area (Å²) >= 11 is 0. The van der Waals surface area contributed by atoms with Crippen molar-refractivity contribution in [1.82, 2.24) is 10.6 Å². The predicted octanol–water partition coefficient (Wildman–Crippen LogP) is 2.51. The Hall–Kier alpha value is -1.26. The molecule has 114 valence electrons. The lowest BCUT2D eigenvalue weighted by atomic mass is 9.75. The summed E-state index contributed by atoms with van der Waals surface area (Å²) in [5.41, 5.74) is 0.0328. The molecule has 0 aromatic rings. The van der Waals surface area contributed by atoms with Crippen LogP contribution in [-0.2, 0) is 4.79 Å². The van der Waals surface area contributed by atoms with E-state index in [1.165, 1.54) is 6.42 Å². The van der Waals surface area contributed by atoms with Crippen LogP contribution in [0.2, 0.25) is 0 Å². The normalized spacial score (nSPS) is 28.2. The van der Waals surface area contributed by atoms with Gasteiger partial charge in [-0.15, -0.1) is 0 Å². The maximum Gasteiger partial charge on any atom is 0.315 e. The Kier molecular flexibility index (Phi) is 4.89. The Bertz CT molecular complexity index is 353. The first-order chi connectivity index (χ1) is 9.54. The smallest absolute Gasteiger partial charge is 0.315 e. The molecule has 0 saturated heterocycles. The van der Waals surface area contributed by atoms with E-state index in [-0.39, 0.29) is 17.5 Å². The van der Waals surface area contributed by atoms with E-state index in [4.69, 9.17) is 5.11 Å². The van der Waals surface area contributed by atoms with E-state index in [1.807, 2.05) is 0 Å². The first-order valence-electron chi connectivity index (χ1n) is 7.83. The van der Waals surface area contributed by atoms with Gasteiger partial charge in [0.25, 0.3) is 0 Å². The number of nitrogens with one attached hydrogen (secondary N) is 2. The van der Waals surface area contributed by atoms with Gasteiger partial charge in [-0.2, -0.15) is 0 Å². The number of hydrogen-bond acceptors (Lipinski definition) is 2. The number of urea groups is 1. The van der Waals surface area contributed by atoms with Crippen LogP contribution >= 0.6 is 0 Å². The maximum atomic E-state index is 11.9. The summed E-state index contributed by atoms with van der Waals surface area (Å²) in [6.45, 7) is 2.78. The summed E-state index contributed by atoms with van der Waals surface area (Å²) in [7, 11) is 0. The molecule has 0 unspecified atom stereocenters. The van der Waals surface area contributed by atoms with Crippen LogP contribution in [0.4, 0.5) is 4.79 Å². The van der Waals surface area contributed by atoms with Gasteiger partial charge in [-0.25, -0.2) is 4.79 Å². The fourth-order valence-corrected chi connectivity index (χ4v) is 3.31. The number of carboxylic acid groups (broad SMARTS) is 1. The average molecular weight is 282 g/mol. The first-order valence-corrected chi connectivity index (χ1v) is 7.83. The van der Waals surface area contributed by atoms with E-state index < -0.39 is 5.97 Å². The van der Waals surface area contributed by atoms with E-state index in [0.717, 1.165) is 44.9 Å². The van der Waals surface area contributed by atoms with E-state index in [0.29, 0.717) is 12.5 Å². The number of carbonyl (C=O) groups is 2. The molecule has 2 aliphatic carbocycles. The van der Waals surface area contributed by atoms with E-state index in [2.05, 4.69) is 17.6 Å². The molecule has 5 nitrogen and oxygen atoms in total. The summed E-state index contributed by atoms with van der Waals surface area (Å²) < 4.78 is 0. The predicted molar refractivity (Wildman–Crippen MR) is 76.5 cm³/mol. The van der Waals surface area contributed by atoms with E-state index >= 15 is 0 Å². The third kappa shape index (κ3) is 3.64. The molecule has 3 N–H and O–H groups in total. The van der Waals surface area contributed by atoms with Gasteiger partial charge in [0, 0.05) is 12.1 Å². The Balaban J connectivity index is 1.66. The highest BCUT2D eigenvalue weighted by Gasteiger charge is 2.36. The fraction of sp³-hybridized carbons (Fsp3) is 0.867. The van der Waals surface area contributed by atoms with Crippen molar-refractivity contribution in [2.24, 2.45) is 11.8 Å². The second-order valence-electron chi connectivity index (χ2n) is 6.38. The molecule has 2 rings (SSSR count). The standard InChI is InChI=1S/C15H26N2O3/c1-2-15(8-3-9-15)17-14(20)16-10-11-4-6-12(7-5-11)13(18)19/h11-12H,2-10H2,1H3,(H,18,19)(H2,16,17,20). The molecular weight excluding hydrogens is 256 g/mol. The second kappa shape index (κ2) is 6.46. The third-order valence-corrected chi connectivity index (χ3v) is 5.11. The van der Waals surface area contributed by atoms with Crippen LogP contribution < -0.4 is 10.6 Å². The van der Waals surface area contributed by atoms with Crippen molar-refractivity contribution in [2.75, 3.05) is 6.54 Å². The Morgan fingerprint density at radius 3 is 2.30 bits per heavy atom. The Morgan fingerprint density at radius 1 is 1.20 bits per heavy atom. The van der Waals surface area contributed by atoms with Gasteiger partial charge in [-0.3, -0.25) is 4.79 Å². The molecule has 5 heteroatoms. The van der Waals surface area contributed by atoms with Gasteiger partial charge in [0.05, 0.1) is 5.92 Å². The molecule has 2 saturated carbocycles. The molecule has 0 aliphatic heterocycles. The summed E-state index contributed by atoms with van der Waals surface area (Å²) in [5, 5.41) is 15.0. The zero-order valence-corrected chi connectivity index (χ0v) is 12.3. The number of amides is 2. The molecule has 0 heterocycles. The number of aliphatic carboxylic acids is 1. The highest BCUT2D eigenvalue weighted by molar-refractivity contribution is 5.75. The summed E-state index contributed by atoms with van der Waals surface area (Å²) in [6.07, 6.45) is 7.63. The van der Waals surface area contributed by atoms with Gasteiger partial charge in [0.2, 0.25) is 0 Å². The van der Waals surface area contributed by atoms with Crippen LogP contribution in [0.15, 0.2) is 0 Å². The van der Waals surface area contributed by atoms with Crippen molar-refractivity contribution in [3.8, 4) is 0 Å². The van der Waals surface area contributed by atoms with Crippen molar-refractivity contribution < 1.29 is 14.7 Å². The number of hydrogen-bond donors (Lipinski definition) is 3. The van der Waals surface area contributed by atoms with Crippen molar-refractivity contribution in [1.29, 1.82) is 0 Å². The summed E-state index contributed by atoms with van der Waals surface area (Å²) in [4.78, 5) is 22.8. The molecule has 0 spiro atoms. The first kappa shape index (κ1) is 15.1. The number of rotatable bonds is 5. The molecule has 20 heavy (non-hydrogen) atoms. The largest absolute Gasteiger partial charge is 0.481 e. The minimum Gasteiger partial charge on any atom is -0.481 e. The molecule has 0 aromatic heterocycles. The molecule has 2 fully saturated rings. The molecule has 2 aliphatic rings. The van der Waals surface area contributed by atoms with Gasteiger partial charge in [0.15, 0.2) is 0 Å². The molecule has 0 atom stereocenters. The summed E-state index contributed by atoms with van der Waals surface area (Å²) in [5.74, 6) is -0.433. The zero-order chi connectivity index (χ0) is 14.6. The lowest BCUT2D eigenvalue weighted by Crippen LogP contribution is -2.56. The van der Waals surface area contributed by atoms with Crippen molar-refractivity contribution in [3.05, 3.63) is 0 Å². The Labute approximate surface area is 120 Å². The highest BCUT2D eigenvalue weighted by atomic mass is 16.4. The minimum absolute atomic E-state index is 0.0328. The van der Waals surface area contributed by atoms with Crippen LogP contribution in [0.3, 0.4) is 0 Å². The monoisotopic (exact) mass is 282 g/mol. The third-order valence-electron chi connectivity index (χ3n) is 5.11. The SMILES string of the molecule is CCC1(NC(=O)NCC2CCC(C(=O)O)CC2)CCC1. The maximum absolute atomic E-state index is 11.9. The lowest BCUT2D eigenvalue weighted by molar-refractivity contribution is -0.143. The van der Waals surface area contributed by atoms with Gasteiger partial charge in [-0.1, -0.05) is 6.92 Å². The quantitative estimate of drug-likeness (QED) is 0.725. The van der Waals surface area contributed by atoms with Gasteiger partial charge >= 0.3 is 12.0 Å². The molecule has 0 aromatic carbocycles. The topological polar surface area (TPSA) is 78.4 Å². The van der Waals surface area contributed by atoms with E-state index in [9.17, 15) is 9.59 Å². The zero-order valence-electron chi connectivity index (χ0n) is 12.3. The fourth-order valence-electron chi connectivity index (χ4n) is 3.31. The van der Waals surface area contributed by atoms with Crippen LogP contribution in [-0.4, -0.2) is 29.2 Å². The molecule has 0 radical (unpaired) electrons. The molecule has 2 amide bonds. The number of carboxylic acids is 1. The van der Waals surface area contributed by atoms with Crippen LogP contribution in [0.5, 0.6) is 0 Å². The average Bonchev–Trinajstić information content (AvgIpc) is 2.41. The van der Waals surface area contributed by atoms with Gasteiger partial charge < -0.3 is 15.7 Å². The van der Waals surface area contributed by atoms with Crippen LogP contribution in [0, 0.1) is 11.8 Å².